The summed E-state index contributed by atoms with van der Waals surface area (Å²) in [5.74, 6) is -1.89. The van der Waals surface area contributed by atoms with E-state index in [0.29, 0.717) is 10.9 Å². The summed E-state index contributed by atoms with van der Waals surface area (Å²) in [6.45, 7) is 3.17. The zero-order chi connectivity index (χ0) is 20.7. The maximum atomic E-state index is 12.4. The Morgan fingerprint density at radius 2 is 1.89 bits per heavy atom. The fourth-order valence-corrected chi connectivity index (χ4v) is 4.25. The zero-order valence-electron chi connectivity index (χ0n) is 15.7. The summed E-state index contributed by atoms with van der Waals surface area (Å²) in [6, 6.07) is 6.44. The number of rotatable bonds is 10. The zero-order valence-corrected chi connectivity index (χ0v) is 16.6. The fourth-order valence-electron chi connectivity index (χ4n) is 2.67. The van der Waals surface area contributed by atoms with Crippen molar-refractivity contribution in [3.8, 4) is 0 Å². The molecule has 1 heterocycles. The number of nitrogens with zero attached hydrogens (tertiary/aromatic N) is 1. The van der Waals surface area contributed by atoms with Crippen LogP contribution >= 0.6 is 7.60 Å². The molecule has 154 valence electrons. The number of aromatic amines is 1. The molecule has 0 radical (unpaired) electrons. The summed E-state index contributed by atoms with van der Waals surface area (Å²) in [5.41, 5.74) is -0.886. The van der Waals surface area contributed by atoms with Crippen LogP contribution in [0.3, 0.4) is 0 Å². The van der Waals surface area contributed by atoms with Gasteiger partial charge in [0.25, 0.3) is 5.56 Å². The van der Waals surface area contributed by atoms with Crippen LogP contribution in [0.2, 0.25) is 0 Å². The van der Waals surface area contributed by atoms with Gasteiger partial charge >= 0.3 is 13.3 Å². The molecule has 1 aromatic heterocycles. The summed E-state index contributed by atoms with van der Waals surface area (Å²) in [6.07, 6.45) is -0.0513. The molecular formula is C17H24N3O7P. The van der Waals surface area contributed by atoms with E-state index in [1.807, 2.05) is 0 Å². The number of carbonyl (C=O) groups excluding carboxylic acids is 1. The molecule has 3 N–H and O–H groups in total. The number of nitrogens with one attached hydrogen (secondary N) is 2. The van der Waals surface area contributed by atoms with E-state index < -0.39 is 30.6 Å². The standard InChI is InChI=1S/C17H24N3O7P/c1-3-26-28(25,27-4-2)15(22)9-10-18-14(21)11-20-13-8-6-5-7-12(13)16(23)19-17(20)24/h5-8,15,22H,3-4,9-11H2,1-2H3,(H,18,21)(H,19,23,24). The van der Waals surface area contributed by atoms with E-state index in [0.717, 1.165) is 4.57 Å². The molecule has 0 aliphatic carbocycles. The van der Waals surface area contributed by atoms with E-state index in [2.05, 4.69) is 10.3 Å². The van der Waals surface area contributed by atoms with Gasteiger partial charge in [0.15, 0.2) is 5.85 Å². The molecule has 0 fully saturated rings. The average Bonchev–Trinajstić information content (AvgIpc) is 2.65. The van der Waals surface area contributed by atoms with E-state index in [1.54, 1.807) is 38.1 Å². The Balaban J connectivity index is 2.02. The number of carbonyl (C=O) groups is 1. The molecular weight excluding hydrogens is 389 g/mol. The van der Waals surface area contributed by atoms with Crippen LogP contribution in [0.5, 0.6) is 0 Å². The Morgan fingerprint density at radius 1 is 1.25 bits per heavy atom. The second-order valence-corrected chi connectivity index (χ2v) is 8.05. The van der Waals surface area contributed by atoms with E-state index in [9.17, 15) is 24.1 Å². The monoisotopic (exact) mass is 413 g/mol. The van der Waals surface area contributed by atoms with Crippen molar-refractivity contribution in [1.29, 1.82) is 0 Å². The number of aromatic nitrogens is 2. The first-order valence-electron chi connectivity index (χ1n) is 8.87. The van der Waals surface area contributed by atoms with Gasteiger partial charge in [0.2, 0.25) is 5.91 Å². The first-order valence-corrected chi connectivity index (χ1v) is 10.5. The van der Waals surface area contributed by atoms with Gasteiger partial charge in [-0.3, -0.25) is 23.7 Å². The molecule has 0 bridgehead atoms. The number of H-pyrrole nitrogens is 1. The molecule has 10 nitrogen and oxygen atoms in total. The number of para-hydroxylation sites is 1. The highest BCUT2D eigenvalue weighted by atomic mass is 31.2. The molecule has 11 heteroatoms. The lowest BCUT2D eigenvalue weighted by Crippen LogP contribution is -2.37. The maximum absolute atomic E-state index is 12.4. The van der Waals surface area contributed by atoms with Gasteiger partial charge in [0, 0.05) is 13.0 Å². The van der Waals surface area contributed by atoms with Crippen LogP contribution in [0.15, 0.2) is 33.9 Å². The molecule has 1 atom stereocenters. The van der Waals surface area contributed by atoms with Crippen LogP contribution in [0.4, 0.5) is 0 Å². The first kappa shape index (κ1) is 22.0. The quantitative estimate of drug-likeness (QED) is 0.489. The minimum absolute atomic E-state index is 0.000174. The van der Waals surface area contributed by atoms with Crippen LogP contribution < -0.4 is 16.6 Å². The predicted molar refractivity (Wildman–Crippen MR) is 103 cm³/mol. The highest BCUT2D eigenvalue weighted by Gasteiger charge is 2.33. The number of aliphatic hydroxyl groups is 1. The largest absolute Gasteiger partial charge is 0.380 e. The van der Waals surface area contributed by atoms with E-state index >= 15 is 0 Å². The van der Waals surface area contributed by atoms with E-state index in [1.165, 1.54) is 0 Å². The minimum atomic E-state index is -3.67. The summed E-state index contributed by atoms with van der Waals surface area (Å²) in [7, 11) is -3.67. The molecule has 0 aliphatic heterocycles. The lowest BCUT2D eigenvalue weighted by Gasteiger charge is -2.22. The molecule has 1 unspecified atom stereocenters. The Kier molecular flexibility index (Phi) is 7.70. The van der Waals surface area contributed by atoms with Crippen LogP contribution in [0, 0.1) is 0 Å². The van der Waals surface area contributed by atoms with Crippen molar-refractivity contribution in [2.75, 3.05) is 19.8 Å². The second kappa shape index (κ2) is 9.79. The van der Waals surface area contributed by atoms with Crippen molar-refractivity contribution in [3.05, 3.63) is 45.1 Å². The number of benzene rings is 1. The molecule has 2 rings (SSSR count). The lowest BCUT2D eigenvalue weighted by atomic mass is 10.2. The van der Waals surface area contributed by atoms with Crippen LogP contribution in [0.1, 0.15) is 20.3 Å². The van der Waals surface area contributed by atoms with Crippen molar-refractivity contribution in [3.63, 3.8) is 0 Å². The van der Waals surface area contributed by atoms with Gasteiger partial charge in [0.1, 0.15) is 6.54 Å². The molecule has 1 aromatic carbocycles. The molecule has 2 aromatic rings. The van der Waals surface area contributed by atoms with Gasteiger partial charge in [-0.15, -0.1) is 0 Å². The van der Waals surface area contributed by atoms with Crippen molar-refractivity contribution >= 4 is 24.4 Å². The molecule has 0 spiro atoms. The Morgan fingerprint density at radius 3 is 2.54 bits per heavy atom. The summed E-state index contributed by atoms with van der Waals surface area (Å²) >= 11 is 0. The van der Waals surface area contributed by atoms with Crippen molar-refractivity contribution in [2.45, 2.75) is 32.7 Å². The Labute approximate surface area is 161 Å². The van der Waals surface area contributed by atoms with E-state index in [4.69, 9.17) is 9.05 Å². The van der Waals surface area contributed by atoms with Gasteiger partial charge < -0.3 is 19.5 Å². The van der Waals surface area contributed by atoms with Gasteiger partial charge in [-0.05, 0) is 26.0 Å². The third kappa shape index (κ3) is 5.17. The van der Waals surface area contributed by atoms with Crippen molar-refractivity contribution < 1.29 is 23.5 Å². The Hall–Kier alpha value is -2.26. The van der Waals surface area contributed by atoms with Crippen molar-refractivity contribution in [1.82, 2.24) is 14.9 Å². The molecule has 28 heavy (non-hydrogen) atoms. The van der Waals surface area contributed by atoms with Crippen molar-refractivity contribution in [2.24, 2.45) is 0 Å². The van der Waals surface area contributed by atoms with Crippen LogP contribution in [0.25, 0.3) is 10.9 Å². The summed E-state index contributed by atoms with van der Waals surface area (Å²) in [5, 5.41) is 12.9. The predicted octanol–water partition coefficient (Wildman–Crippen LogP) is 0.781. The number of fused-ring (bicyclic) bond motifs is 1. The highest BCUT2D eigenvalue weighted by Crippen LogP contribution is 2.52. The first-order chi connectivity index (χ1) is 13.3. The topological polar surface area (TPSA) is 140 Å². The third-order valence-corrected chi connectivity index (χ3v) is 6.14. The van der Waals surface area contributed by atoms with Gasteiger partial charge in [0.05, 0.1) is 24.1 Å². The molecule has 1 amide bonds. The number of hydrogen-bond acceptors (Lipinski definition) is 7. The normalized spacial score (nSPS) is 12.8. The second-order valence-electron chi connectivity index (χ2n) is 5.86. The number of hydrogen-bond donors (Lipinski definition) is 3. The maximum Gasteiger partial charge on any atom is 0.358 e. The lowest BCUT2D eigenvalue weighted by molar-refractivity contribution is -0.121. The SMILES string of the molecule is CCOP(=O)(OCC)C(O)CCNC(=O)Cn1c(=O)[nH]c(=O)c2ccccc21. The summed E-state index contributed by atoms with van der Waals surface area (Å²) in [4.78, 5) is 38.3. The molecule has 0 saturated carbocycles. The molecule has 0 saturated heterocycles. The smallest absolute Gasteiger partial charge is 0.358 e. The van der Waals surface area contributed by atoms with Crippen LogP contribution in [-0.2, 0) is 25.0 Å². The Bertz CT molecular complexity index is 975. The average molecular weight is 413 g/mol. The van der Waals surface area contributed by atoms with E-state index in [-0.39, 0.29) is 32.7 Å². The summed E-state index contributed by atoms with van der Waals surface area (Å²) < 4.78 is 23.7. The minimum Gasteiger partial charge on any atom is -0.380 e. The number of aliphatic hydroxyl groups excluding tert-OH is 1. The van der Waals surface area contributed by atoms with Crippen LogP contribution in [-0.4, -0.2) is 46.2 Å². The van der Waals surface area contributed by atoms with Gasteiger partial charge in [-0.25, -0.2) is 4.79 Å². The van der Waals surface area contributed by atoms with Gasteiger partial charge in [-0.1, -0.05) is 12.1 Å². The highest BCUT2D eigenvalue weighted by molar-refractivity contribution is 7.54. The number of amides is 1. The van der Waals surface area contributed by atoms with Gasteiger partial charge in [-0.2, -0.15) is 0 Å². The fraction of sp³-hybridized carbons (Fsp3) is 0.471. The molecule has 0 aliphatic rings. The third-order valence-electron chi connectivity index (χ3n) is 3.91.